The number of hydrogen-bond donors (Lipinski definition) is 7. The third-order valence-electron chi connectivity index (χ3n) is 9.06. The Hall–Kier alpha value is -1.88. The number of rotatable bonds is 13. The molecule has 46 heavy (non-hydrogen) atoms. The molecule has 0 radical (unpaired) electrons. The van der Waals surface area contributed by atoms with Crippen molar-refractivity contribution in [1.82, 2.24) is 8.85 Å². The normalized spacial score (nSPS) is 21.3. The van der Waals surface area contributed by atoms with E-state index in [1.807, 2.05) is 6.07 Å². The van der Waals surface area contributed by atoms with Crippen LogP contribution in [0.15, 0.2) is 12.1 Å². The Morgan fingerprint density at radius 1 is 1.11 bits per heavy atom. The van der Waals surface area contributed by atoms with Crippen molar-refractivity contribution in [2.24, 2.45) is 5.92 Å². The molecule has 0 unspecified atom stereocenters. The first-order valence-corrected chi connectivity index (χ1v) is 17.1. The van der Waals surface area contributed by atoms with Crippen LogP contribution in [0, 0.1) is 5.92 Å². The average Bonchev–Trinajstić information content (AvgIpc) is 3.01. The number of amides is 1. The lowest BCUT2D eigenvalue weighted by Crippen LogP contribution is -2.48. The minimum atomic E-state index is -1.55. The Morgan fingerprint density at radius 2 is 1.76 bits per heavy atom. The molecule has 0 aromatic heterocycles. The van der Waals surface area contributed by atoms with E-state index in [9.17, 15) is 19.5 Å². The fourth-order valence-electron chi connectivity index (χ4n) is 6.24. The van der Waals surface area contributed by atoms with Crippen LogP contribution in [0.4, 0.5) is 0 Å². The van der Waals surface area contributed by atoms with Gasteiger partial charge in [0.15, 0.2) is 0 Å². The third kappa shape index (κ3) is 10.6. The van der Waals surface area contributed by atoms with Crippen molar-refractivity contribution in [3.05, 3.63) is 23.3 Å². The number of aliphatic hydroxyl groups excluding tert-OH is 5. The number of nitrogens with one attached hydrogen (secondary N) is 2. The minimum Gasteiger partial charge on any atom is -0.487 e. The number of ether oxygens (including phenoxy) is 2. The summed E-state index contributed by atoms with van der Waals surface area (Å²) in [7, 11) is 1.57. The predicted molar refractivity (Wildman–Crippen MR) is 181 cm³/mol. The first kappa shape index (κ1) is 40.3. The van der Waals surface area contributed by atoms with Gasteiger partial charge in [0.05, 0.1) is 35.6 Å². The van der Waals surface area contributed by atoms with E-state index in [-0.39, 0.29) is 29.6 Å². The van der Waals surface area contributed by atoms with Gasteiger partial charge in [-0.25, -0.2) is 4.79 Å². The molecule has 6 atom stereocenters. The van der Waals surface area contributed by atoms with Gasteiger partial charge in [-0.05, 0) is 56.8 Å². The molecule has 262 valence electrons. The number of esters is 1. The minimum absolute atomic E-state index is 0.0936. The second kappa shape index (κ2) is 18.0. The lowest BCUT2D eigenvalue weighted by atomic mass is 9.66. The number of hydrogen-bond acceptors (Lipinski definition) is 11. The van der Waals surface area contributed by atoms with Crippen LogP contribution in [-0.2, 0) is 19.8 Å². The Bertz CT molecular complexity index is 1180. The van der Waals surface area contributed by atoms with Crippen LogP contribution in [0.1, 0.15) is 103 Å². The van der Waals surface area contributed by atoms with Crippen LogP contribution >= 0.6 is 22.9 Å². The van der Waals surface area contributed by atoms with Crippen molar-refractivity contribution in [1.29, 1.82) is 0 Å². The van der Waals surface area contributed by atoms with Crippen LogP contribution in [0.25, 0.3) is 0 Å². The standard InChI is InChI=1S/C26H36INO5.C7H17NO5/c1-6-7-8-9-12-25(2,3)16-13-20(32-24(31)23(30)28-27)22-18-15-17(29)10-11-19(18)26(4,5)33-21(22)14-16;1-8-2-4(10)6(12)7(13)5(11)3-9/h13-14,18-19H,6-12,15H2,1-5H3,(H,28,30);4-13H,2-3H2,1H3/t18-,19-;4-,5+,6+,7+/m10/s1. The number of ketones is 1. The third-order valence-corrected chi connectivity index (χ3v) is 9.55. The highest BCUT2D eigenvalue weighted by atomic mass is 127. The first-order chi connectivity index (χ1) is 21.5. The van der Waals surface area contributed by atoms with E-state index in [0.29, 0.717) is 24.3 Å². The molecule has 1 amide bonds. The van der Waals surface area contributed by atoms with Crippen molar-refractivity contribution in [3.8, 4) is 11.5 Å². The monoisotopic (exact) mass is 764 g/mol. The fraction of sp³-hybridized carbons (Fsp3) is 0.727. The van der Waals surface area contributed by atoms with E-state index < -0.39 is 48.5 Å². The van der Waals surface area contributed by atoms with Crippen molar-refractivity contribution in [3.63, 3.8) is 0 Å². The highest BCUT2D eigenvalue weighted by Gasteiger charge is 2.48. The molecule has 0 bridgehead atoms. The summed E-state index contributed by atoms with van der Waals surface area (Å²) in [5.74, 6) is -0.539. The van der Waals surface area contributed by atoms with Crippen LogP contribution in [0.3, 0.4) is 0 Å². The zero-order valence-electron chi connectivity index (χ0n) is 27.8. The van der Waals surface area contributed by atoms with Gasteiger partial charge in [0.25, 0.3) is 0 Å². The van der Waals surface area contributed by atoms with E-state index in [4.69, 9.17) is 29.9 Å². The van der Waals surface area contributed by atoms with Crippen molar-refractivity contribution in [2.75, 3.05) is 20.2 Å². The summed E-state index contributed by atoms with van der Waals surface area (Å²) in [6.07, 6.45) is 1.69. The van der Waals surface area contributed by atoms with E-state index in [1.165, 1.54) is 19.3 Å². The summed E-state index contributed by atoms with van der Waals surface area (Å²) >= 11 is 1.62. The van der Waals surface area contributed by atoms with Gasteiger partial charge in [0, 0.05) is 36.8 Å². The number of carbonyl (C=O) groups excluding carboxylic acids is 3. The van der Waals surface area contributed by atoms with Crippen LogP contribution in [0.2, 0.25) is 0 Å². The zero-order valence-corrected chi connectivity index (χ0v) is 30.0. The van der Waals surface area contributed by atoms with Crippen LogP contribution < -0.4 is 18.3 Å². The molecule has 1 fully saturated rings. The molecule has 2 aliphatic rings. The van der Waals surface area contributed by atoms with E-state index in [0.717, 1.165) is 30.4 Å². The summed E-state index contributed by atoms with van der Waals surface area (Å²) in [6.45, 7) is 10.1. The molecule has 1 aliphatic carbocycles. The molecule has 7 N–H and O–H groups in total. The lowest BCUT2D eigenvalue weighted by molar-refractivity contribution is -0.147. The largest absolute Gasteiger partial charge is 0.487 e. The number of likely N-dealkylation sites (N-methyl/N-ethyl adjacent to an activating group) is 1. The number of benzene rings is 1. The number of Topliss-reactive ketones (excluding diaryl/α,β-unsaturated/α-hetero) is 1. The maximum atomic E-state index is 12.4. The molecular weight excluding hydrogens is 711 g/mol. The number of unbranched alkanes of at least 4 members (excludes halogenated alkanes) is 3. The van der Waals surface area contributed by atoms with Crippen molar-refractivity contribution < 1.29 is 49.4 Å². The summed E-state index contributed by atoms with van der Waals surface area (Å²) < 4.78 is 14.5. The maximum Gasteiger partial charge on any atom is 0.402 e. The average molecular weight is 765 g/mol. The molecule has 1 aromatic rings. The number of carbonyl (C=O) groups is 3. The van der Waals surface area contributed by atoms with Gasteiger partial charge in [-0.1, -0.05) is 46.5 Å². The molecule has 0 saturated heterocycles. The molecule has 0 spiro atoms. The molecule has 1 aliphatic heterocycles. The molecule has 1 saturated carbocycles. The summed E-state index contributed by atoms with van der Waals surface area (Å²) in [5, 5.41) is 47.5. The second-order valence-corrected chi connectivity index (χ2v) is 14.0. The highest BCUT2D eigenvalue weighted by molar-refractivity contribution is 14.1. The van der Waals surface area contributed by atoms with Gasteiger partial charge in [0.1, 0.15) is 41.2 Å². The molecule has 13 heteroatoms. The van der Waals surface area contributed by atoms with E-state index in [1.54, 1.807) is 29.9 Å². The SMILES string of the molecule is CCCCCCC(C)(C)c1cc(OC(=O)C(=O)NI)c2c(c1)OC(C)(C)[C@@H]1CCC(=O)C[C@@H]21.CNC[C@H](O)[C@@H](O)[C@H](O)[C@H](O)CO. The van der Waals surface area contributed by atoms with Gasteiger partial charge in [0.2, 0.25) is 0 Å². The van der Waals surface area contributed by atoms with E-state index >= 15 is 0 Å². The van der Waals surface area contributed by atoms with Crippen molar-refractivity contribution >= 4 is 40.5 Å². The second-order valence-electron chi connectivity index (χ2n) is 13.4. The molecule has 12 nitrogen and oxygen atoms in total. The highest BCUT2D eigenvalue weighted by Crippen LogP contribution is 2.55. The Morgan fingerprint density at radius 3 is 2.35 bits per heavy atom. The smallest absolute Gasteiger partial charge is 0.402 e. The maximum absolute atomic E-state index is 12.4. The summed E-state index contributed by atoms with van der Waals surface area (Å²) in [5.41, 5.74) is 1.14. The lowest BCUT2D eigenvalue weighted by Gasteiger charge is -2.47. The zero-order chi connectivity index (χ0) is 34.8. The van der Waals surface area contributed by atoms with Crippen molar-refractivity contribution in [2.45, 2.75) is 127 Å². The molecule has 1 aromatic carbocycles. The first-order valence-electron chi connectivity index (χ1n) is 16.0. The Kier molecular flexibility index (Phi) is 15.8. The quantitative estimate of drug-likeness (QED) is 0.0390. The topological polar surface area (TPSA) is 195 Å². The van der Waals surface area contributed by atoms with Gasteiger partial charge >= 0.3 is 11.9 Å². The predicted octanol–water partition coefficient (Wildman–Crippen LogP) is 2.57. The van der Waals surface area contributed by atoms with Gasteiger partial charge in [-0.2, -0.15) is 0 Å². The molecular formula is C33H53IN2O10. The molecule has 3 rings (SSSR count). The van der Waals surface area contributed by atoms with E-state index in [2.05, 4.69) is 49.5 Å². The number of fused-ring (bicyclic) bond motifs is 3. The number of aliphatic hydroxyl groups is 5. The Labute approximate surface area is 286 Å². The molecule has 1 heterocycles. The fourth-order valence-corrected chi connectivity index (χ4v) is 6.46. The van der Waals surface area contributed by atoms with Crippen LogP contribution in [-0.4, -0.2) is 93.4 Å². The van der Waals surface area contributed by atoms with Gasteiger partial charge < -0.3 is 40.3 Å². The van der Waals surface area contributed by atoms with Crippen LogP contribution in [0.5, 0.6) is 11.5 Å². The summed E-state index contributed by atoms with van der Waals surface area (Å²) in [4.78, 5) is 36.8. The number of halogens is 1. The van der Waals surface area contributed by atoms with Gasteiger partial charge in [-0.3, -0.25) is 13.1 Å². The Balaban J connectivity index is 0.000000479. The van der Waals surface area contributed by atoms with Gasteiger partial charge in [-0.15, -0.1) is 0 Å². The summed E-state index contributed by atoms with van der Waals surface area (Å²) in [6, 6.07) is 3.94.